The molecule has 4 N–H and O–H groups in total. The summed E-state index contributed by atoms with van der Waals surface area (Å²) in [6.07, 6.45) is 2.12. The van der Waals surface area contributed by atoms with E-state index < -0.39 is 4.92 Å². The van der Waals surface area contributed by atoms with E-state index in [0.717, 1.165) is 19.4 Å². The summed E-state index contributed by atoms with van der Waals surface area (Å²) in [4.78, 5) is 22.1. The normalized spacial score (nSPS) is 17.3. The molecule has 7 nitrogen and oxygen atoms in total. The lowest BCUT2D eigenvalue weighted by molar-refractivity contribution is -0.384. The number of rotatable bonds is 4. The van der Waals surface area contributed by atoms with Crippen LogP contribution >= 0.6 is 12.4 Å². The molecule has 1 heterocycles. The fourth-order valence-corrected chi connectivity index (χ4v) is 2.10. The van der Waals surface area contributed by atoms with Gasteiger partial charge in [0.2, 0.25) is 0 Å². The molecule has 1 fully saturated rings. The highest BCUT2D eigenvalue weighted by atomic mass is 35.5. The van der Waals surface area contributed by atoms with Gasteiger partial charge in [0.25, 0.3) is 11.6 Å². The van der Waals surface area contributed by atoms with E-state index >= 15 is 0 Å². The molecule has 110 valence electrons. The Kier molecular flexibility index (Phi) is 5.72. The number of hydrogen-bond donors (Lipinski definition) is 3. The third-order valence-electron chi connectivity index (χ3n) is 3.16. The smallest absolute Gasteiger partial charge is 0.270 e. The van der Waals surface area contributed by atoms with Gasteiger partial charge in [-0.2, -0.15) is 0 Å². The Morgan fingerprint density at radius 2 is 2.30 bits per heavy atom. The molecule has 0 aliphatic carbocycles. The molecule has 1 aliphatic heterocycles. The van der Waals surface area contributed by atoms with Crippen molar-refractivity contribution < 1.29 is 9.72 Å². The van der Waals surface area contributed by atoms with Crippen molar-refractivity contribution in [3.63, 3.8) is 0 Å². The lowest BCUT2D eigenvalue weighted by atomic mass is 10.1. The Morgan fingerprint density at radius 1 is 1.55 bits per heavy atom. The van der Waals surface area contributed by atoms with E-state index in [1.165, 1.54) is 18.2 Å². The van der Waals surface area contributed by atoms with E-state index in [4.69, 9.17) is 5.73 Å². The van der Waals surface area contributed by atoms with Crippen molar-refractivity contribution in [3.05, 3.63) is 33.9 Å². The van der Waals surface area contributed by atoms with Crippen LogP contribution < -0.4 is 16.4 Å². The minimum Gasteiger partial charge on any atom is -0.398 e. The second-order valence-corrected chi connectivity index (χ2v) is 4.53. The van der Waals surface area contributed by atoms with Crippen molar-refractivity contribution >= 4 is 29.7 Å². The van der Waals surface area contributed by atoms with Gasteiger partial charge in [0.15, 0.2) is 0 Å². The molecule has 2 rings (SSSR count). The number of nitro benzene ring substituents is 1. The highest BCUT2D eigenvalue weighted by molar-refractivity contribution is 5.99. The second kappa shape index (κ2) is 7.06. The first kappa shape index (κ1) is 16.2. The molecule has 1 aliphatic rings. The van der Waals surface area contributed by atoms with Crippen LogP contribution in [0.3, 0.4) is 0 Å². The summed E-state index contributed by atoms with van der Waals surface area (Å²) in [5.41, 5.74) is 5.92. The van der Waals surface area contributed by atoms with E-state index in [-0.39, 0.29) is 41.3 Å². The molecule has 20 heavy (non-hydrogen) atoms. The van der Waals surface area contributed by atoms with Gasteiger partial charge in [-0.3, -0.25) is 14.9 Å². The molecule has 1 unspecified atom stereocenters. The number of halogens is 1. The summed E-state index contributed by atoms with van der Waals surface area (Å²) < 4.78 is 0. The number of nitrogen functional groups attached to an aromatic ring is 1. The van der Waals surface area contributed by atoms with Gasteiger partial charge in [0.1, 0.15) is 0 Å². The number of nitro groups is 1. The van der Waals surface area contributed by atoms with E-state index in [9.17, 15) is 14.9 Å². The summed E-state index contributed by atoms with van der Waals surface area (Å²) in [6.45, 7) is 1.46. The number of anilines is 1. The fraction of sp³-hybridized carbons (Fsp3) is 0.417. The molecule has 1 amide bonds. The van der Waals surface area contributed by atoms with E-state index in [0.29, 0.717) is 6.54 Å². The molecule has 1 saturated heterocycles. The van der Waals surface area contributed by atoms with Gasteiger partial charge in [-0.05, 0) is 25.5 Å². The third kappa shape index (κ3) is 3.82. The standard InChI is InChI=1S/C12H16N4O3.ClH/c13-11-4-3-9(16(18)19)6-10(11)12(17)15-7-8-2-1-5-14-8;/h3-4,6,8,14H,1-2,5,7,13H2,(H,15,17);1H. The van der Waals surface area contributed by atoms with E-state index in [2.05, 4.69) is 10.6 Å². The van der Waals surface area contributed by atoms with Crippen LogP contribution in [-0.4, -0.2) is 30.0 Å². The van der Waals surface area contributed by atoms with Crippen LogP contribution in [0, 0.1) is 10.1 Å². The van der Waals surface area contributed by atoms with Gasteiger partial charge in [-0.25, -0.2) is 0 Å². The summed E-state index contributed by atoms with van der Waals surface area (Å²) in [6, 6.07) is 4.13. The minimum atomic E-state index is -0.547. The number of benzene rings is 1. The van der Waals surface area contributed by atoms with Crippen molar-refractivity contribution in [1.29, 1.82) is 0 Å². The summed E-state index contributed by atoms with van der Waals surface area (Å²) >= 11 is 0. The number of nitrogens with one attached hydrogen (secondary N) is 2. The molecule has 0 radical (unpaired) electrons. The number of carbonyl (C=O) groups excluding carboxylic acids is 1. The van der Waals surface area contributed by atoms with E-state index in [1.807, 2.05) is 0 Å². The Bertz CT molecular complexity index is 503. The average molecular weight is 301 g/mol. The lowest BCUT2D eigenvalue weighted by Gasteiger charge is -2.12. The molecule has 0 aromatic heterocycles. The highest BCUT2D eigenvalue weighted by Gasteiger charge is 2.18. The molecule has 1 aromatic carbocycles. The number of carbonyl (C=O) groups is 1. The van der Waals surface area contributed by atoms with Crippen molar-refractivity contribution in [2.45, 2.75) is 18.9 Å². The molecule has 0 spiro atoms. The molecular weight excluding hydrogens is 284 g/mol. The van der Waals surface area contributed by atoms with Crippen molar-refractivity contribution in [2.75, 3.05) is 18.8 Å². The zero-order valence-corrected chi connectivity index (χ0v) is 11.6. The van der Waals surface area contributed by atoms with Gasteiger partial charge in [0, 0.05) is 30.4 Å². The maximum Gasteiger partial charge on any atom is 0.270 e. The Balaban J connectivity index is 0.00000200. The molecule has 1 aromatic rings. The summed E-state index contributed by atoms with van der Waals surface area (Å²) in [5.74, 6) is -0.380. The zero-order chi connectivity index (χ0) is 13.8. The number of non-ortho nitro benzene ring substituents is 1. The molecule has 1 atom stereocenters. The van der Waals surface area contributed by atoms with Crippen molar-refractivity contribution in [2.24, 2.45) is 0 Å². The van der Waals surface area contributed by atoms with Crippen molar-refractivity contribution in [1.82, 2.24) is 10.6 Å². The zero-order valence-electron chi connectivity index (χ0n) is 10.8. The van der Waals surface area contributed by atoms with Gasteiger partial charge < -0.3 is 16.4 Å². The maximum absolute atomic E-state index is 12.0. The van der Waals surface area contributed by atoms with Crippen LogP contribution in [0.1, 0.15) is 23.2 Å². The topological polar surface area (TPSA) is 110 Å². The second-order valence-electron chi connectivity index (χ2n) is 4.53. The SMILES string of the molecule is Cl.Nc1ccc([N+](=O)[O-])cc1C(=O)NCC1CCCN1. The molecule has 0 saturated carbocycles. The quantitative estimate of drug-likeness (QED) is 0.438. The van der Waals surface area contributed by atoms with Crippen LogP contribution in [0.5, 0.6) is 0 Å². The predicted molar refractivity (Wildman–Crippen MR) is 78.1 cm³/mol. The van der Waals surface area contributed by atoms with Crippen LogP contribution in [0.15, 0.2) is 18.2 Å². The number of hydrogen-bond acceptors (Lipinski definition) is 5. The first-order valence-corrected chi connectivity index (χ1v) is 6.13. The largest absolute Gasteiger partial charge is 0.398 e. The Hall–Kier alpha value is -1.86. The first-order chi connectivity index (χ1) is 9.08. The predicted octanol–water partition coefficient (Wildman–Crippen LogP) is 1.08. The van der Waals surface area contributed by atoms with Gasteiger partial charge in [-0.1, -0.05) is 0 Å². The third-order valence-corrected chi connectivity index (χ3v) is 3.16. The summed E-state index contributed by atoms with van der Waals surface area (Å²) in [7, 11) is 0. The first-order valence-electron chi connectivity index (χ1n) is 6.13. The Labute approximate surface area is 122 Å². The van der Waals surface area contributed by atoms with Gasteiger partial charge in [-0.15, -0.1) is 12.4 Å². The number of nitrogens with two attached hydrogens (primary N) is 1. The summed E-state index contributed by atoms with van der Waals surface area (Å²) in [5, 5.41) is 16.7. The van der Waals surface area contributed by atoms with Gasteiger partial charge in [0.05, 0.1) is 10.5 Å². The molecule has 8 heteroatoms. The van der Waals surface area contributed by atoms with E-state index in [1.54, 1.807) is 0 Å². The maximum atomic E-state index is 12.0. The molecular formula is C12H17ClN4O3. The average Bonchev–Trinajstić information content (AvgIpc) is 2.89. The minimum absolute atomic E-state index is 0. The van der Waals surface area contributed by atoms with Crippen LogP contribution in [0.4, 0.5) is 11.4 Å². The fourth-order valence-electron chi connectivity index (χ4n) is 2.10. The Morgan fingerprint density at radius 3 is 2.90 bits per heavy atom. The number of nitrogens with zero attached hydrogens (tertiary/aromatic N) is 1. The van der Waals surface area contributed by atoms with Gasteiger partial charge >= 0.3 is 0 Å². The van der Waals surface area contributed by atoms with Crippen LogP contribution in [0.25, 0.3) is 0 Å². The van der Waals surface area contributed by atoms with Crippen molar-refractivity contribution in [3.8, 4) is 0 Å². The molecule has 0 bridgehead atoms. The van der Waals surface area contributed by atoms with Crippen LogP contribution in [0.2, 0.25) is 0 Å². The lowest BCUT2D eigenvalue weighted by Crippen LogP contribution is -2.37. The highest BCUT2D eigenvalue weighted by Crippen LogP contribution is 2.19. The number of amides is 1. The monoisotopic (exact) mass is 300 g/mol. The van der Waals surface area contributed by atoms with Crippen LogP contribution in [-0.2, 0) is 0 Å².